The lowest BCUT2D eigenvalue weighted by Gasteiger charge is -2.20. The molecule has 4 aromatic rings. The first-order chi connectivity index (χ1) is 13.1. The lowest BCUT2D eigenvalue weighted by atomic mass is 10.1. The van der Waals surface area contributed by atoms with E-state index in [4.69, 9.17) is 4.42 Å². The smallest absolute Gasteiger partial charge is 0.347 e. The van der Waals surface area contributed by atoms with Gasteiger partial charge in [-0.25, -0.2) is 9.78 Å². The molecular formula is C21H19N3O3. The first kappa shape index (κ1) is 17.0. The molecule has 2 aromatic carbocycles. The van der Waals surface area contributed by atoms with Gasteiger partial charge in [0.25, 0.3) is 0 Å². The molecule has 6 heteroatoms. The lowest BCUT2D eigenvalue weighted by molar-refractivity contribution is 0.102. The highest BCUT2D eigenvalue weighted by Crippen LogP contribution is 2.22. The zero-order valence-corrected chi connectivity index (χ0v) is 15.2. The van der Waals surface area contributed by atoms with Crippen molar-refractivity contribution in [3.05, 3.63) is 70.3 Å². The number of ketones is 1. The summed E-state index contributed by atoms with van der Waals surface area (Å²) in [7, 11) is 0. The zero-order valence-electron chi connectivity index (χ0n) is 15.2. The number of nitrogens with zero attached hydrogens (tertiary/aromatic N) is 2. The average molecular weight is 361 g/mol. The minimum atomic E-state index is -0.662. The van der Waals surface area contributed by atoms with E-state index in [1.165, 1.54) is 0 Å². The summed E-state index contributed by atoms with van der Waals surface area (Å²) in [6.45, 7) is 5.85. The van der Waals surface area contributed by atoms with Gasteiger partial charge in [0.05, 0.1) is 11.0 Å². The van der Waals surface area contributed by atoms with Crippen LogP contribution in [0.1, 0.15) is 30.0 Å². The standard InChI is InChI=1S/C21H19N3O3/c1-3-24(4-2)14-10-9-13-11-15(21(26)27-18(13)12-14)19(25)20-22-16-7-5-6-8-17(16)23-20/h5-12H,3-4H2,1-2H3,(H,22,23). The molecule has 0 bridgehead atoms. The van der Waals surface area contributed by atoms with Crippen molar-refractivity contribution in [1.82, 2.24) is 9.97 Å². The Morgan fingerprint density at radius 3 is 2.63 bits per heavy atom. The molecule has 0 radical (unpaired) electrons. The molecule has 0 spiro atoms. The van der Waals surface area contributed by atoms with Gasteiger partial charge >= 0.3 is 5.63 Å². The maximum absolute atomic E-state index is 12.8. The molecule has 0 saturated carbocycles. The van der Waals surface area contributed by atoms with Crippen LogP contribution in [-0.2, 0) is 0 Å². The number of H-pyrrole nitrogens is 1. The van der Waals surface area contributed by atoms with Crippen LogP contribution in [0.25, 0.3) is 22.0 Å². The predicted molar refractivity (Wildman–Crippen MR) is 106 cm³/mol. The molecule has 6 nitrogen and oxygen atoms in total. The van der Waals surface area contributed by atoms with Crippen LogP contribution in [-0.4, -0.2) is 28.8 Å². The van der Waals surface area contributed by atoms with Gasteiger partial charge in [0.15, 0.2) is 5.82 Å². The van der Waals surface area contributed by atoms with Crippen molar-refractivity contribution in [3.8, 4) is 0 Å². The third-order valence-corrected chi connectivity index (χ3v) is 4.70. The third kappa shape index (κ3) is 2.99. The molecule has 0 unspecified atom stereocenters. The monoisotopic (exact) mass is 361 g/mol. The highest BCUT2D eigenvalue weighted by molar-refractivity contribution is 6.08. The molecule has 136 valence electrons. The van der Waals surface area contributed by atoms with Crippen molar-refractivity contribution in [2.24, 2.45) is 0 Å². The first-order valence-electron chi connectivity index (χ1n) is 8.93. The Morgan fingerprint density at radius 2 is 1.89 bits per heavy atom. The van der Waals surface area contributed by atoms with E-state index >= 15 is 0 Å². The highest BCUT2D eigenvalue weighted by Gasteiger charge is 2.19. The highest BCUT2D eigenvalue weighted by atomic mass is 16.4. The van der Waals surface area contributed by atoms with E-state index in [9.17, 15) is 9.59 Å². The Balaban J connectivity index is 1.77. The number of rotatable bonds is 5. The number of carbonyl (C=O) groups is 1. The number of nitrogens with one attached hydrogen (secondary N) is 1. The fraction of sp³-hybridized carbons (Fsp3) is 0.190. The van der Waals surface area contributed by atoms with Crippen molar-refractivity contribution in [1.29, 1.82) is 0 Å². The zero-order chi connectivity index (χ0) is 19.0. The van der Waals surface area contributed by atoms with E-state index in [0.29, 0.717) is 16.5 Å². The Bertz CT molecular complexity index is 1170. The number of benzene rings is 2. The molecule has 4 rings (SSSR count). The predicted octanol–water partition coefficient (Wildman–Crippen LogP) is 3.75. The van der Waals surface area contributed by atoms with E-state index in [2.05, 4.69) is 28.7 Å². The number of aromatic amines is 1. The number of fused-ring (bicyclic) bond motifs is 2. The molecule has 0 fully saturated rings. The summed E-state index contributed by atoms with van der Waals surface area (Å²) in [5.41, 5.74) is 2.17. The van der Waals surface area contributed by atoms with Gasteiger partial charge in [0.1, 0.15) is 11.1 Å². The largest absolute Gasteiger partial charge is 0.422 e. The van der Waals surface area contributed by atoms with Crippen molar-refractivity contribution >= 4 is 33.5 Å². The number of imidazole rings is 1. The van der Waals surface area contributed by atoms with Gasteiger partial charge in [0, 0.05) is 30.2 Å². The Morgan fingerprint density at radius 1 is 1.11 bits per heavy atom. The summed E-state index contributed by atoms with van der Waals surface area (Å²) in [5.74, 6) is -0.350. The van der Waals surface area contributed by atoms with E-state index < -0.39 is 11.4 Å². The summed E-state index contributed by atoms with van der Waals surface area (Å²) in [5, 5.41) is 0.699. The first-order valence-corrected chi connectivity index (χ1v) is 8.93. The fourth-order valence-corrected chi connectivity index (χ4v) is 3.23. The van der Waals surface area contributed by atoms with Crippen LogP contribution in [0.2, 0.25) is 0 Å². The summed E-state index contributed by atoms with van der Waals surface area (Å²) in [4.78, 5) is 34.6. The van der Waals surface area contributed by atoms with Gasteiger partial charge in [-0.05, 0) is 44.2 Å². The molecule has 0 aliphatic carbocycles. The van der Waals surface area contributed by atoms with Crippen LogP contribution in [0, 0.1) is 0 Å². The molecule has 2 aromatic heterocycles. The molecular weight excluding hydrogens is 342 g/mol. The maximum atomic E-state index is 12.8. The van der Waals surface area contributed by atoms with Crippen molar-refractivity contribution in [2.45, 2.75) is 13.8 Å². The number of hydrogen-bond acceptors (Lipinski definition) is 5. The maximum Gasteiger partial charge on any atom is 0.347 e. The Kier molecular flexibility index (Phi) is 4.24. The fourth-order valence-electron chi connectivity index (χ4n) is 3.23. The second-order valence-corrected chi connectivity index (χ2v) is 6.27. The number of anilines is 1. The lowest BCUT2D eigenvalue weighted by Crippen LogP contribution is -2.21. The van der Waals surface area contributed by atoms with Crippen molar-refractivity contribution in [3.63, 3.8) is 0 Å². The Hall–Kier alpha value is -3.41. The molecule has 27 heavy (non-hydrogen) atoms. The summed E-state index contributed by atoms with van der Waals surface area (Å²) < 4.78 is 5.44. The molecule has 0 aliphatic rings. The van der Waals surface area contributed by atoms with Crippen LogP contribution in [0.5, 0.6) is 0 Å². The van der Waals surface area contributed by atoms with Crippen LogP contribution in [0.15, 0.2) is 57.7 Å². The molecule has 0 saturated heterocycles. The van der Waals surface area contributed by atoms with Gasteiger partial charge in [-0.15, -0.1) is 0 Å². The number of carbonyl (C=O) groups excluding carboxylic acids is 1. The molecule has 0 aliphatic heterocycles. The topological polar surface area (TPSA) is 79.2 Å². The van der Waals surface area contributed by atoms with Gasteiger partial charge in [-0.2, -0.15) is 0 Å². The SMILES string of the molecule is CCN(CC)c1ccc2cc(C(=O)c3nc4ccccc4[nH]3)c(=O)oc2c1. The summed E-state index contributed by atoms with van der Waals surface area (Å²) in [6, 6.07) is 14.6. The van der Waals surface area contributed by atoms with Gasteiger partial charge < -0.3 is 14.3 Å². The Labute approximate surface area is 155 Å². The number of para-hydroxylation sites is 2. The van der Waals surface area contributed by atoms with E-state index in [1.54, 1.807) is 12.1 Å². The second-order valence-electron chi connectivity index (χ2n) is 6.27. The summed E-state index contributed by atoms with van der Waals surface area (Å²) >= 11 is 0. The van der Waals surface area contributed by atoms with Crippen LogP contribution in [0.3, 0.4) is 0 Å². The normalized spacial score (nSPS) is 11.2. The van der Waals surface area contributed by atoms with Crippen LogP contribution >= 0.6 is 0 Å². The second kappa shape index (κ2) is 6.72. The van der Waals surface area contributed by atoms with E-state index in [-0.39, 0.29) is 11.4 Å². The molecule has 2 heterocycles. The van der Waals surface area contributed by atoms with Crippen LogP contribution in [0.4, 0.5) is 5.69 Å². The minimum Gasteiger partial charge on any atom is -0.422 e. The van der Waals surface area contributed by atoms with E-state index in [1.807, 2.05) is 36.4 Å². The third-order valence-electron chi connectivity index (χ3n) is 4.70. The average Bonchev–Trinajstić information content (AvgIpc) is 3.12. The molecule has 1 N–H and O–H groups in total. The minimum absolute atomic E-state index is 0.0304. The van der Waals surface area contributed by atoms with E-state index in [0.717, 1.165) is 24.3 Å². The van der Waals surface area contributed by atoms with Gasteiger partial charge in [-0.1, -0.05) is 12.1 Å². The number of hydrogen-bond donors (Lipinski definition) is 1. The van der Waals surface area contributed by atoms with Crippen molar-refractivity contribution < 1.29 is 9.21 Å². The van der Waals surface area contributed by atoms with Crippen LogP contribution < -0.4 is 10.5 Å². The van der Waals surface area contributed by atoms with Crippen molar-refractivity contribution in [2.75, 3.05) is 18.0 Å². The summed E-state index contributed by atoms with van der Waals surface area (Å²) in [6.07, 6.45) is 0. The molecule has 0 amide bonds. The molecule has 0 atom stereocenters. The van der Waals surface area contributed by atoms with Gasteiger partial charge in [-0.3, -0.25) is 4.79 Å². The number of aromatic nitrogens is 2. The van der Waals surface area contributed by atoms with Gasteiger partial charge in [0.2, 0.25) is 5.78 Å². The quantitative estimate of drug-likeness (QED) is 0.433.